The number of alkyl halides is 2. The highest BCUT2D eigenvalue weighted by atomic mass is 19.3. The van der Waals surface area contributed by atoms with Crippen LogP contribution in [0.2, 0.25) is 0 Å². The number of nitrogens with two attached hydrogens (primary N) is 1. The van der Waals surface area contributed by atoms with Crippen LogP contribution < -0.4 is 10.5 Å². The van der Waals surface area contributed by atoms with Gasteiger partial charge in [0.1, 0.15) is 5.75 Å². The lowest BCUT2D eigenvalue weighted by molar-refractivity contribution is 0.148. The standard InChI is InChI=1S/C8H9F2NO/c1-12-6-4-2-3-5(11)7(6)8(9)10/h2-4,8H,11H2,1H3. The van der Waals surface area contributed by atoms with Crippen LogP contribution in [0, 0.1) is 0 Å². The van der Waals surface area contributed by atoms with E-state index in [2.05, 4.69) is 0 Å². The Kier molecular flexibility index (Phi) is 2.47. The fraction of sp³-hybridized carbons (Fsp3) is 0.250. The van der Waals surface area contributed by atoms with E-state index < -0.39 is 6.43 Å². The van der Waals surface area contributed by atoms with Gasteiger partial charge in [-0.3, -0.25) is 0 Å². The zero-order valence-corrected chi connectivity index (χ0v) is 6.55. The molecular weight excluding hydrogens is 164 g/mol. The van der Waals surface area contributed by atoms with E-state index in [0.29, 0.717) is 0 Å². The van der Waals surface area contributed by atoms with E-state index in [9.17, 15) is 8.78 Å². The number of hydrogen-bond donors (Lipinski definition) is 1. The predicted octanol–water partition coefficient (Wildman–Crippen LogP) is 2.21. The van der Waals surface area contributed by atoms with Crippen molar-refractivity contribution in [3.63, 3.8) is 0 Å². The summed E-state index contributed by atoms with van der Waals surface area (Å²) in [5, 5.41) is 0. The average Bonchev–Trinajstić information content (AvgIpc) is 2.03. The molecule has 0 radical (unpaired) electrons. The summed E-state index contributed by atoms with van der Waals surface area (Å²) in [7, 11) is 1.33. The Morgan fingerprint density at radius 1 is 1.42 bits per heavy atom. The lowest BCUT2D eigenvalue weighted by Gasteiger charge is -2.09. The number of hydrogen-bond acceptors (Lipinski definition) is 2. The minimum absolute atomic E-state index is 0.0596. The minimum Gasteiger partial charge on any atom is -0.496 e. The van der Waals surface area contributed by atoms with Crippen LogP contribution in [0.1, 0.15) is 12.0 Å². The van der Waals surface area contributed by atoms with E-state index >= 15 is 0 Å². The Bertz CT molecular complexity index is 276. The molecule has 0 spiro atoms. The molecule has 0 bridgehead atoms. The molecule has 0 fully saturated rings. The summed E-state index contributed by atoms with van der Waals surface area (Å²) in [5.41, 5.74) is 5.16. The van der Waals surface area contributed by atoms with Gasteiger partial charge >= 0.3 is 0 Å². The maximum atomic E-state index is 12.3. The molecule has 0 aliphatic heterocycles. The van der Waals surface area contributed by atoms with Crippen molar-refractivity contribution in [1.82, 2.24) is 0 Å². The Hall–Kier alpha value is -1.32. The van der Waals surface area contributed by atoms with Gasteiger partial charge in [-0.1, -0.05) is 6.07 Å². The van der Waals surface area contributed by atoms with Crippen LogP contribution in [0.5, 0.6) is 5.75 Å². The van der Waals surface area contributed by atoms with Crippen LogP contribution in [0.4, 0.5) is 14.5 Å². The van der Waals surface area contributed by atoms with E-state index in [1.165, 1.54) is 19.2 Å². The first-order chi connectivity index (χ1) is 5.66. The van der Waals surface area contributed by atoms with Crippen molar-refractivity contribution in [3.05, 3.63) is 23.8 Å². The predicted molar refractivity (Wildman–Crippen MR) is 42.4 cm³/mol. The molecule has 2 nitrogen and oxygen atoms in total. The second kappa shape index (κ2) is 3.38. The van der Waals surface area contributed by atoms with Crippen molar-refractivity contribution in [1.29, 1.82) is 0 Å². The third-order valence-corrected chi connectivity index (χ3v) is 1.54. The number of ether oxygens (including phenoxy) is 1. The van der Waals surface area contributed by atoms with Crippen molar-refractivity contribution in [2.45, 2.75) is 6.43 Å². The van der Waals surface area contributed by atoms with Crippen LogP contribution in [0.3, 0.4) is 0 Å². The number of methoxy groups -OCH3 is 1. The summed E-state index contributed by atoms with van der Waals surface area (Å²) in [6, 6.07) is 4.45. The molecule has 0 aliphatic carbocycles. The van der Waals surface area contributed by atoms with Gasteiger partial charge in [-0.2, -0.15) is 0 Å². The second-order valence-corrected chi connectivity index (χ2v) is 2.26. The van der Waals surface area contributed by atoms with Crippen LogP contribution in [-0.4, -0.2) is 7.11 Å². The van der Waals surface area contributed by atoms with Gasteiger partial charge in [0.2, 0.25) is 0 Å². The van der Waals surface area contributed by atoms with E-state index in [1.54, 1.807) is 6.07 Å². The monoisotopic (exact) mass is 173 g/mol. The Morgan fingerprint density at radius 2 is 2.08 bits per heavy atom. The molecule has 12 heavy (non-hydrogen) atoms. The van der Waals surface area contributed by atoms with Gasteiger partial charge in [0, 0.05) is 5.69 Å². The molecule has 0 saturated heterocycles. The SMILES string of the molecule is COc1cccc(N)c1C(F)F. The van der Waals surface area contributed by atoms with Crippen LogP contribution >= 0.6 is 0 Å². The van der Waals surface area contributed by atoms with Gasteiger partial charge in [0.15, 0.2) is 0 Å². The van der Waals surface area contributed by atoms with Gasteiger partial charge < -0.3 is 10.5 Å². The molecule has 4 heteroatoms. The summed E-state index contributed by atoms with van der Waals surface area (Å²) in [5.74, 6) is 0.130. The van der Waals surface area contributed by atoms with E-state index in [0.717, 1.165) is 0 Å². The van der Waals surface area contributed by atoms with Crippen molar-refractivity contribution >= 4 is 5.69 Å². The van der Waals surface area contributed by atoms with Crippen LogP contribution in [0.15, 0.2) is 18.2 Å². The van der Waals surface area contributed by atoms with E-state index in [-0.39, 0.29) is 17.0 Å². The normalized spacial score (nSPS) is 10.3. The molecule has 0 saturated carbocycles. The first kappa shape index (κ1) is 8.77. The molecular formula is C8H9F2NO. The maximum Gasteiger partial charge on any atom is 0.269 e. The highest BCUT2D eigenvalue weighted by Gasteiger charge is 2.16. The third-order valence-electron chi connectivity index (χ3n) is 1.54. The Morgan fingerprint density at radius 3 is 2.50 bits per heavy atom. The summed E-state index contributed by atoms with van der Waals surface area (Å²) in [6.45, 7) is 0. The zero-order chi connectivity index (χ0) is 9.14. The number of anilines is 1. The van der Waals surface area contributed by atoms with Crippen molar-refractivity contribution in [2.24, 2.45) is 0 Å². The Labute approximate surface area is 68.9 Å². The molecule has 0 heterocycles. The fourth-order valence-corrected chi connectivity index (χ4v) is 0.973. The van der Waals surface area contributed by atoms with E-state index in [4.69, 9.17) is 10.5 Å². The molecule has 2 N–H and O–H groups in total. The molecule has 0 unspecified atom stereocenters. The highest BCUT2D eigenvalue weighted by molar-refractivity contribution is 5.54. The molecule has 0 atom stereocenters. The van der Waals surface area contributed by atoms with Gasteiger partial charge in [0.25, 0.3) is 6.43 Å². The van der Waals surface area contributed by atoms with Gasteiger partial charge in [-0.05, 0) is 12.1 Å². The molecule has 66 valence electrons. The number of rotatable bonds is 2. The topological polar surface area (TPSA) is 35.2 Å². The number of halogens is 2. The minimum atomic E-state index is -2.60. The first-order valence-corrected chi connectivity index (χ1v) is 3.37. The Balaban J connectivity index is 3.20. The van der Waals surface area contributed by atoms with Crippen molar-refractivity contribution in [2.75, 3.05) is 12.8 Å². The fourth-order valence-electron chi connectivity index (χ4n) is 0.973. The summed E-state index contributed by atoms with van der Waals surface area (Å²) < 4.78 is 29.4. The maximum absolute atomic E-state index is 12.3. The van der Waals surface area contributed by atoms with Gasteiger partial charge in [-0.25, -0.2) is 8.78 Å². The molecule has 0 aromatic heterocycles. The largest absolute Gasteiger partial charge is 0.496 e. The lowest BCUT2D eigenvalue weighted by Crippen LogP contribution is -1.98. The van der Waals surface area contributed by atoms with E-state index in [1.807, 2.05) is 0 Å². The number of benzene rings is 1. The van der Waals surface area contributed by atoms with Crippen molar-refractivity contribution < 1.29 is 13.5 Å². The molecule has 1 rings (SSSR count). The highest BCUT2D eigenvalue weighted by Crippen LogP contribution is 2.33. The van der Waals surface area contributed by atoms with Gasteiger partial charge in [-0.15, -0.1) is 0 Å². The molecule has 1 aromatic carbocycles. The summed E-state index contributed by atoms with van der Waals surface area (Å²) >= 11 is 0. The lowest BCUT2D eigenvalue weighted by atomic mass is 10.1. The van der Waals surface area contributed by atoms with Crippen molar-refractivity contribution in [3.8, 4) is 5.75 Å². The molecule has 0 aliphatic rings. The second-order valence-electron chi connectivity index (χ2n) is 2.26. The molecule has 0 amide bonds. The quantitative estimate of drug-likeness (QED) is 0.696. The zero-order valence-electron chi connectivity index (χ0n) is 6.55. The van der Waals surface area contributed by atoms with Gasteiger partial charge in [0.05, 0.1) is 12.7 Å². The number of nitrogen functional groups attached to an aromatic ring is 1. The third kappa shape index (κ3) is 1.47. The first-order valence-electron chi connectivity index (χ1n) is 3.37. The van der Waals surface area contributed by atoms with Crippen LogP contribution in [-0.2, 0) is 0 Å². The average molecular weight is 173 g/mol. The summed E-state index contributed by atoms with van der Waals surface area (Å²) in [4.78, 5) is 0. The molecule has 1 aromatic rings. The smallest absolute Gasteiger partial charge is 0.269 e. The van der Waals surface area contributed by atoms with Crippen LogP contribution in [0.25, 0.3) is 0 Å². The summed E-state index contributed by atoms with van der Waals surface area (Å²) in [6.07, 6.45) is -2.60.